The molecule has 4 aromatic rings. The van der Waals surface area contributed by atoms with Crippen LogP contribution in [0.5, 0.6) is 0 Å². The van der Waals surface area contributed by atoms with Crippen LogP contribution in [0.2, 0.25) is 0 Å². The number of benzene rings is 1. The van der Waals surface area contributed by atoms with E-state index in [0.717, 1.165) is 21.6 Å². The van der Waals surface area contributed by atoms with Crippen molar-refractivity contribution in [1.29, 1.82) is 0 Å². The number of anilines is 3. The Hall–Kier alpha value is -3.73. The quantitative estimate of drug-likeness (QED) is 0.264. The van der Waals surface area contributed by atoms with Crippen molar-refractivity contribution in [3.63, 3.8) is 0 Å². The van der Waals surface area contributed by atoms with Gasteiger partial charge in [-0.2, -0.15) is 13.2 Å². The van der Waals surface area contributed by atoms with Crippen LogP contribution >= 0.6 is 11.3 Å². The standard InChI is InChI=1S/C22H17F4N5OS/c1-3-19(32)28-13-4-5-16(23)15(8-13)20-14-6-7-31(11-22(24,25)26)17(14)9-18(29-20)30-21-27-10-12(2)33-21/h3-10H,1,11H2,2H3,(H,28,32)(H,27,29,30). The smallest absolute Gasteiger partial charge is 0.338 e. The monoisotopic (exact) mass is 475 g/mol. The van der Waals surface area contributed by atoms with Crippen LogP contribution in [0.4, 0.5) is 34.2 Å². The molecule has 6 nitrogen and oxygen atoms in total. The number of hydrogen-bond donors (Lipinski definition) is 2. The third-order valence-electron chi connectivity index (χ3n) is 4.65. The zero-order chi connectivity index (χ0) is 23.8. The molecule has 3 aromatic heterocycles. The summed E-state index contributed by atoms with van der Waals surface area (Å²) in [6.07, 6.45) is -0.459. The number of alkyl halides is 3. The van der Waals surface area contributed by atoms with Crippen LogP contribution in [0.1, 0.15) is 4.88 Å². The normalized spacial score (nSPS) is 11.5. The minimum absolute atomic E-state index is 0.0191. The Balaban J connectivity index is 1.88. The fourth-order valence-electron chi connectivity index (χ4n) is 3.29. The van der Waals surface area contributed by atoms with E-state index in [4.69, 9.17) is 0 Å². The number of aryl methyl sites for hydroxylation is 1. The van der Waals surface area contributed by atoms with Gasteiger partial charge in [0.1, 0.15) is 18.2 Å². The molecule has 0 unspecified atom stereocenters. The number of rotatable bonds is 6. The zero-order valence-corrected chi connectivity index (χ0v) is 18.0. The Kier molecular flexibility index (Phi) is 5.90. The summed E-state index contributed by atoms with van der Waals surface area (Å²) in [6.45, 7) is 4.02. The number of thiazole rings is 1. The first kappa shape index (κ1) is 22.5. The minimum Gasteiger partial charge on any atom is -0.338 e. The van der Waals surface area contributed by atoms with Crippen molar-refractivity contribution in [2.24, 2.45) is 0 Å². The third-order valence-corrected chi connectivity index (χ3v) is 5.48. The average Bonchev–Trinajstić information content (AvgIpc) is 3.33. The number of hydrogen-bond acceptors (Lipinski definition) is 5. The van der Waals surface area contributed by atoms with Gasteiger partial charge in [-0.05, 0) is 37.3 Å². The van der Waals surface area contributed by atoms with Crippen LogP contribution in [0, 0.1) is 12.7 Å². The molecular weight excluding hydrogens is 458 g/mol. The van der Waals surface area contributed by atoms with E-state index >= 15 is 0 Å². The van der Waals surface area contributed by atoms with Gasteiger partial charge >= 0.3 is 6.18 Å². The molecule has 11 heteroatoms. The molecular formula is C22H17F4N5OS. The molecule has 0 bridgehead atoms. The lowest BCUT2D eigenvalue weighted by Crippen LogP contribution is -2.16. The van der Waals surface area contributed by atoms with Gasteiger partial charge in [-0.15, -0.1) is 11.3 Å². The van der Waals surface area contributed by atoms with Gasteiger partial charge < -0.3 is 15.2 Å². The summed E-state index contributed by atoms with van der Waals surface area (Å²) >= 11 is 1.34. The van der Waals surface area contributed by atoms with E-state index in [1.165, 1.54) is 41.8 Å². The van der Waals surface area contributed by atoms with Crippen LogP contribution < -0.4 is 10.6 Å². The van der Waals surface area contributed by atoms with Crippen molar-refractivity contribution in [3.8, 4) is 11.3 Å². The van der Waals surface area contributed by atoms with Crippen molar-refractivity contribution in [1.82, 2.24) is 14.5 Å². The zero-order valence-electron chi connectivity index (χ0n) is 17.2. The van der Waals surface area contributed by atoms with E-state index in [0.29, 0.717) is 10.5 Å². The maximum absolute atomic E-state index is 14.9. The van der Waals surface area contributed by atoms with E-state index in [-0.39, 0.29) is 28.3 Å². The van der Waals surface area contributed by atoms with E-state index in [2.05, 4.69) is 27.2 Å². The summed E-state index contributed by atoms with van der Waals surface area (Å²) < 4.78 is 55.3. The van der Waals surface area contributed by atoms with Gasteiger partial charge in [0.05, 0.1) is 11.2 Å². The van der Waals surface area contributed by atoms with Crippen LogP contribution in [-0.4, -0.2) is 26.6 Å². The van der Waals surface area contributed by atoms with Gasteiger partial charge in [0.2, 0.25) is 5.91 Å². The first-order valence-electron chi connectivity index (χ1n) is 9.62. The lowest BCUT2D eigenvalue weighted by atomic mass is 10.1. The maximum atomic E-state index is 14.9. The van der Waals surface area contributed by atoms with Crippen LogP contribution in [0.3, 0.4) is 0 Å². The number of amides is 1. The highest BCUT2D eigenvalue weighted by molar-refractivity contribution is 7.15. The van der Waals surface area contributed by atoms with Crippen LogP contribution in [-0.2, 0) is 11.3 Å². The molecule has 33 heavy (non-hydrogen) atoms. The lowest BCUT2D eigenvalue weighted by molar-refractivity contribution is -0.139. The Labute approximate surface area is 189 Å². The Morgan fingerprint density at radius 1 is 1.27 bits per heavy atom. The Bertz CT molecular complexity index is 1360. The second kappa shape index (κ2) is 8.66. The molecule has 0 aliphatic heterocycles. The van der Waals surface area contributed by atoms with Gasteiger partial charge in [0.15, 0.2) is 5.13 Å². The van der Waals surface area contributed by atoms with Crippen LogP contribution in [0.25, 0.3) is 22.2 Å². The van der Waals surface area contributed by atoms with Gasteiger partial charge in [0, 0.05) is 40.0 Å². The van der Waals surface area contributed by atoms with Crippen molar-refractivity contribution in [2.75, 3.05) is 10.6 Å². The summed E-state index contributed by atoms with van der Waals surface area (Å²) in [6, 6.07) is 6.81. The molecule has 1 aromatic carbocycles. The number of fused-ring (bicyclic) bond motifs is 1. The van der Waals surface area contributed by atoms with E-state index in [9.17, 15) is 22.4 Å². The molecule has 0 spiro atoms. The molecule has 0 atom stereocenters. The molecule has 2 N–H and O–H groups in total. The number of aromatic nitrogens is 3. The van der Waals surface area contributed by atoms with Crippen molar-refractivity contribution < 1.29 is 22.4 Å². The summed E-state index contributed by atoms with van der Waals surface area (Å²) in [7, 11) is 0. The molecule has 0 saturated carbocycles. The molecule has 0 fully saturated rings. The molecule has 0 saturated heterocycles. The largest absolute Gasteiger partial charge is 0.406 e. The number of pyridine rings is 1. The number of nitrogens with zero attached hydrogens (tertiary/aromatic N) is 3. The predicted octanol–water partition coefficient (Wildman–Crippen LogP) is 6.04. The van der Waals surface area contributed by atoms with Crippen molar-refractivity contribution in [3.05, 3.63) is 66.1 Å². The van der Waals surface area contributed by atoms with Gasteiger partial charge in [0.25, 0.3) is 0 Å². The maximum Gasteiger partial charge on any atom is 0.406 e. The summed E-state index contributed by atoms with van der Waals surface area (Å²) in [4.78, 5) is 21.2. The highest BCUT2D eigenvalue weighted by Gasteiger charge is 2.29. The van der Waals surface area contributed by atoms with Gasteiger partial charge in [-0.1, -0.05) is 6.58 Å². The predicted molar refractivity (Wildman–Crippen MR) is 120 cm³/mol. The Morgan fingerprint density at radius 3 is 2.73 bits per heavy atom. The van der Waals surface area contributed by atoms with Crippen LogP contribution in [0.15, 0.2) is 55.4 Å². The van der Waals surface area contributed by atoms with E-state index < -0.39 is 24.4 Å². The summed E-state index contributed by atoms with van der Waals surface area (Å²) in [5.41, 5.74) is 0.643. The molecule has 0 radical (unpaired) electrons. The first-order chi connectivity index (χ1) is 15.6. The van der Waals surface area contributed by atoms with Gasteiger partial charge in [-0.3, -0.25) is 4.79 Å². The number of nitrogens with one attached hydrogen (secondary N) is 2. The summed E-state index contributed by atoms with van der Waals surface area (Å²) in [5.74, 6) is -0.934. The SMILES string of the molecule is C=CC(=O)Nc1ccc(F)c(-c2nc(Nc3ncc(C)s3)cc3c2ccn3CC(F)(F)F)c1. The fourth-order valence-corrected chi connectivity index (χ4v) is 3.96. The van der Waals surface area contributed by atoms with Gasteiger partial charge in [-0.25, -0.2) is 14.4 Å². The highest BCUT2D eigenvalue weighted by atomic mass is 32.1. The number of carbonyl (C=O) groups is 1. The molecule has 0 aliphatic carbocycles. The van der Waals surface area contributed by atoms with E-state index in [1.54, 1.807) is 6.20 Å². The Morgan fingerprint density at radius 2 is 2.06 bits per heavy atom. The second-order valence-corrected chi connectivity index (χ2v) is 8.37. The summed E-state index contributed by atoms with van der Waals surface area (Å²) in [5, 5.41) is 6.34. The molecule has 0 aliphatic rings. The number of carbonyl (C=O) groups excluding carboxylic acids is 1. The molecule has 1 amide bonds. The van der Waals surface area contributed by atoms with Crippen molar-refractivity contribution >= 4 is 44.8 Å². The highest BCUT2D eigenvalue weighted by Crippen LogP contribution is 2.35. The third kappa shape index (κ3) is 5.03. The molecule has 170 valence electrons. The minimum atomic E-state index is -4.45. The van der Waals surface area contributed by atoms with Crippen molar-refractivity contribution in [2.45, 2.75) is 19.6 Å². The first-order valence-corrected chi connectivity index (χ1v) is 10.4. The number of halogens is 4. The fraction of sp³-hybridized carbons (Fsp3) is 0.136. The molecule has 3 heterocycles. The topological polar surface area (TPSA) is 71.8 Å². The van der Waals surface area contributed by atoms with E-state index in [1.807, 2.05) is 6.92 Å². The average molecular weight is 475 g/mol. The lowest BCUT2D eigenvalue weighted by Gasteiger charge is -2.13. The molecule has 4 rings (SSSR count). The second-order valence-electron chi connectivity index (χ2n) is 7.14.